The smallest absolute Gasteiger partial charge is 0.167 e. The largest absolute Gasteiger partial charge is 0.361 e. The van der Waals surface area contributed by atoms with Crippen LogP contribution in [0, 0.1) is 23.7 Å². The van der Waals surface area contributed by atoms with E-state index < -0.39 is 0 Å². The quantitative estimate of drug-likeness (QED) is 0.782. The number of carbonyl (C=O) groups excluding carboxylic acids is 1. The van der Waals surface area contributed by atoms with Gasteiger partial charge in [-0.15, -0.1) is 0 Å². The first-order valence-corrected chi connectivity index (χ1v) is 7.93. The minimum absolute atomic E-state index is 0.0565. The van der Waals surface area contributed by atoms with Crippen molar-refractivity contribution in [3.05, 3.63) is 40.6 Å². The molecule has 2 fully saturated rings. The van der Waals surface area contributed by atoms with Gasteiger partial charge in [0, 0.05) is 27.9 Å². The lowest BCUT2D eigenvalue weighted by atomic mass is 9.70. The maximum Gasteiger partial charge on any atom is 0.167 e. The Hall–Kier alpha value is -1.28. The number of anilines is 1. The second-order valence-corrected chi connectivity index (χ2v) is 7.61. The van der Waals surface area contributed by atoms with Crippen LogP contribution in [0.3, 0.4) is 0 Å². The molecule has 0 amide bonds. The zero-order valence-corrected chi connectivity index (χ0v) is 13.8. The standard InChI is InChI=1S/C18H22ClNO/c1-11-5-6-12(19)9-15(11)20-10-13-14-7-8-18(4,16(13)21)17(14,2)3/h5-6,9-10,14,20H,7-8H2,1-4H3/b13-10-/t14-,18+/m0/s1. The average Bonchev–Trinajstić information content (AvgIpc) is 2.73. The molecule has 21 heavy (non-hydrogen) atoms. The Bertz CT molecular complexity index is 647. The topological polar surface area (TPSA) is 29.1 Å². The van der Waals surface area contributed by atoms with Crippen molar-refractivity contribution in [2.24, 2.45) is 16.7 Å². The van der Waals surface area contributed by atoms with E-state index in [9.17, 15) is 4.79 Å². The van der Waals surface area contributed by atoms with Crippen LogP contribution in [0.1, 0.15) is 39.2 Å². The van der Waals surface area contributed by atoms with Gasteiger partial charge in [-0.1, -0.05) is 38.4 Å². The van der Waals surface area contributed by atoms with Gasteiger partial charge in [-0.2, -0.15) is 0 Å². The van der Waals surface area contributed by atoms with Crippen molar-refractivity contribution in [3.8, 4) is 0 Å². The number of hydrogen-bond acceptors (Lipinski definition) is 2. The molecule has 112 valence electrons. The molecule has 1 N–H and O–H groups in total. The minimum atomic E-state index is -0.200. The van der Waals surface area contributed by atoms with Crippen molar-refractivity contribution >= 4 is 23.1 Å². The van der Waals surface area contributed by atoms with Gasteiger partial charge >= 0.3 is 0 Å². The highest BCUT2D eigenvalue weighted by Gasteiger charge is 2.63. The second kappa shape index (κ2) is 4.61. The summed E-state index contributed by atoms with van der Waals surface area (Å²) in [4.78, 5) is 12.7. The highest BCUT2D eigenvalue weighted by molar-refractivity contribution is 6.30. The number of ketones is 1. The van der Waals surface area contributed by atoms with Crippen molar-refractivity contribution in [1.82, 2.24) is 0 Å². The van der Waals surface area contributed by atoms with Crippen LogP contribution in [-0.4, -0.2) is 5.78 Å². The summed E-state index contributed by atoms with van der Waals surface area (Å²) in [5, 5.41) is 4.00. The summed E-state index contributed by atoms with van der Waals surface area (Å²) in [7, 11) is 0. The van der Waals surface area contributed by atoms with Crippen molar-refractivity contribution in [2.45, 2.75) is 40.5 Å². The van der Waals surface area contributed by atoms with E-state index in [1.54, 1.807) is 0 Å². The number of hydrogen-bond donors (Lipinski definition) is 1. The van der Waals surface area contributed by atoms with Gasteiger partial charge in [-0.3, -0.25) is 4.79 Å². The van der Waals surface area contributed by atoms with E-state index in [2.05, 4.69) is 26.1 Å². The van der Waals surface area contributed by atoms with Gasteiger partial charge in [-0.25, -0.2) is 0 Å². The van der Waals surface area contributed by atoms with E-state index in [1.165, 1.54) is 0 Å². The summed E-state index contributed by atoms with van der Waals surface area (Å²) in [6, 6.07) is 5.76. The van der Waals surface area contributed by atoms with E-state index in [4.69, 9.17) is 11.6 Å². The van der Waals surface area contributed by atoms with Crippen LogP contribution < -0.4 is 5.32 Å². The molecule has 0 unspecified atom stereocenters. The number of aryl methyl sites for hydroxylation is 1. The van der Waals surface area contributed by atoms with E-state index in [0.29, 0.717) is 16.7 Å². The zero-order valence-electron chi connectivity index (χ0n) is 13.1. The molecular weight excluding hydrogens is 282 g/mol. The van der Waals surface area contributed by atoms with Gasteiger partial charge in [0.1, 0.15) is 0 Å². The van der Waals surface area contributed by atoms with Crippen LogP contribution in [-0.2, 0) is 4.79 Å². The highest BCUT2D eigenvalue weighted by Crippen LogP contribution is 2.65. The molecule has 0 saturated heterocycles. The summed E-state index contributed by atoms with van der Waals surface area (Å²) in [6.07, 6.45) is 4.03. The minimum Gasteiger partial charge on any atom is -0.361 e. The fourth-order valence-electron chi connectivity index (χ4n) is 4.00. The number of carbonyl (C=O) groups is 1. The molecule has 3 heteroatoms. The summed E-state index contributed by atoms with van der Waals surface area (Å²) in [5.41, 5.74) is 2.90. The summed E-state index contributed by atoms with van der Waals surface area (Å²) < 4.78 is 0. The molecule has 1 aromatic rings. The van der Waals surface area contributed by atoms with Crippen molar-refractivity contribution in [3.63, 3.8) is 0 Å². The third-order valence-corrected chi connectivity index (χ3v) is 6.18. The first-order chi connectivity index (χ1) is 9.77. The van der Waals surface area contributed by atoms with Crippen LogP contribution >= 0.6 is 11.6 Å². The van der Waals surface area contributed by atoms with Crippen LogP contribution in [0.2, 0.25) is 5.02 Å². The summed E-state index contributed by atoms with van der Waals surface area (Å²) in [5.74, 6) is 0.679. The molecule has 0 aromatic heterocycles. The number of allylic oxidation sites excluding steroid dienone is 1. The van der Waals surface area contributed by atoms with Gasteiger partial charge in [-0.05, 0) is 48.8 Å². The maximum absolute atomic E-state index is 12.7. The maximum atomic E-state index is 12.7. The van der Waals surface area contributed by atoms with E-state index in [0.717, 1.165) is 29.7 Å². The Morgan fingerprint density at radius 3 is 2.67 bits per heavy atom. The molecule has 0 radical (unpaired) electrons. The predicted molar refractivity (Wildman–Crippen MR) is 87.5 cm³/mol. The molecule has 0 aliphatic heterocycles. The van der Waals surface area contributed by atoms with E-state index in [1.807, 2.05) is 31.3 Å². The Morgan fingerprint density at radius 1 is 1.33 bits per heavy atom. The van der Waals surface area contributed by atoms with Gasteiger partial charge in [0.25, 0.3) is 0 Å². The van der Waals surface area contributed by atoms with Gasteiger partial charge < -0.3 is 5.32 Å². The van der Waals surface area contributed by atoms with Crippen LogP contribution in [0.5, 0.6) is 0 Å². The third kappa shape index (κ3) is 1.96. The zero-order chi connectivity index (χ0) is 15.4. The van der Waals surface area contributed by atoms with Crippen LogP contribution in [0.25, 0.3) is 0 Å². The molecular formula is C18H22ClNO. The number of Topliss-reactive ketones (excluding diaryl/α,β-unsaturated/α-hetero) is 1. The van der Waals surface area contributed by atoms with Gasteiger partial charge in [0.15, 0.2) is 5.78 Å². The summed E-state index contributed by atoms with van der Waals surface area (Å²) >= 11 is 6.04. The second-order valence-electron chi connectivity index (χ2n) is 7.18. The molecule has 2 atom stereocenters. The SMILES string of the molecule is Cc1ccc(Cl)cc1N/C=C1\C(=O)[C@@]2(C)CC[C@@H]1C2(C)C. The van der Waals surface area contributed by atoms with Crippen molar-refractivity contribution in [2.75, 3.05) is 5.32 Å². The normalized spacial score (nSPS) is 32.0. The van der Waals surface area contributed by atoms with E-state index >= 15 is 0 Å². The Balaban J connectivity index is 1.92. The Kier molecular flexibility index (Phi) is 3.21. The molecule has 0 heterocycles. The molecule has 3 rings (SSSR count). The molecule has 1 aromatic carbocycles. The fourth-order valence-corrected chi connectivity index (χ4v) is 4.17. The molecule has 0 spiro atoms. The predicted octanol–water partition coefficient (Wildman–Crippen LogP) is 4.97. The first kappa shape index (κ1) is 14.6. The molecule has 2 aliphatic carbocycles. The lowest BCUT2D eigenvalue weighted by molar-refractivity contribution is -0.125. The Morgan fingerprint density at radius 2 is 2.05 bits per heavy atom. The lowest BCUT2D eigenvalue weighted by Gasteiger charge is -2.31. The fraction of sp³-hybridized carbons (Fsp3) is 0.500. The number of benzene rings is 1. The highest BCUT2D eigenvalue weighted by atomic mass is 35.5. The van der Waals surface area contributed by atoms with Crippen LogP contribution in [0.15, 0.2) is 30.0 Å². The Labute approximate surface area is 131 Å². The number of fused-ring (bicyclic) bond motifs is 2. The van der Waals surface area contributed by atoms with Gasteiger partial charge in [0.05, 0.1) is 0 Å². The van der Waals surface area contributed by atoms with E-state index in [-0.39, 0.29) is 10.8 Å². The van der Waals surface area contributed by atoms with Crippen molar-refractivity contribution in [1.29, 1.82) is 0 Å². The lowest BCUT2D eigenvalue weighted by Crippen LogP contribution is -2.32. The average molecular weight is 304 g/mol. The van der Waals surface area contributed by atoms with Gasteiger partial charge in [0.2, 0.25) is 0 Å². The molecule has 2 aliphatic rings. The first-order valence-electron chi connectivity index (χ1n) is 7.55. The summed E-state index contributed by atoms with van der Waals surface area (Å²) in [6.45, 7) is 8.62. The monoisotopic (exact) mass is 303 g/mol. The number of rotatable bonds is 2. The molecule has 2 bridgehead atoms. The number of halogens is 1. The number of nitrogens with one attached hydrogen (secondary N) is 1. The third-order valence-electron chi connectivity index (χ3n) is 5.95. The molecule has 2 saturated carbocycles. The van der Waals surface area contributed by atoms with Crippen LogP contribution in [0.4, 0.5) is 5.69 Å². The molecule has 2 nitrogen and oxygen atoms in total. The van der Waals surface area contributed by atoms with Crippen molar-refractivity contribution < 1.29 is 4.79 Å².